The van der Waals surface area contributed by atoms with Gasteiger partial charge in [-0.05, 0) is 37.3 Å². The SMILES string of the molecule is O=C(CCCc1c[nH]c2ccccc12)NC1CC=CC1. The Kier molecular flexibility index (Phi) is 3.86. The molecular formula is C17H20N2O. The van der Waals surface area contributed by atoms with Gasteiger partial charge in [-0.2, -0.15) is 0 Å². The molecule has 1 aliphatic carbocycles. The third-order valence-electron chi connectivity index (χ3n) is 3.90. The molecule has 3 nitrogen and oxygen atoms in total. The average molecular weight is 268 g/mol. The maximum atomic E-state index is 11.8. The number of para-hydroxylation sites is 1. The maximum Gasteiger partial charge on any atom is 0.220 e. The van der Waals surface area contributed by atoms with Crippen molar-refractivity contribution in [3.8, 4) is 0 Å². The van der Waals surface area contributed by atoms with Gasteiger partial charge in [0.15, 0.2) is 0 Å². The van der Waals surface area contributed by atoms with E-state index in [0.717, 1.165) is 25.7 Å². The van der Waals surface area contributed by atoms with E-state index in [4.69, 9.17) is 0 Å². The minimum Gasteiger partial charge on any atom is -0.361 e. The molecule has 2 aromatic rings. The molecule has 0 saturated carbocycles. The molecule has 1 amide bonds. The van der Waals surface area contributed by atoms with E-state index in [0.29, 0.717) is 12.5 Å². The number of carbonyl (C=O) groups is 1. The molecule has 3 rings (SSSR count). The van der Waals surface area contributed by atoms with Crippen molar-refractivity contribution < 1.29 is 4.79 Å². The summed E-state index contributed by atoms with van der Waals surface area (Å²) >= 11 is 0. The second-order valence-electron chi connectivity index (χ2n) is 5.42. The molecular weight excluding hydrogens is 248 g/mol. The molecule has 0 saturated heterocycles. The van der Waals surface area contributed by atoms with Crippen molar-refractivity contribution in [2.24, 2.45) is 0 Å². The highest BCUT2D eigenvalue weighted by Crippen LogP contribution is 2.19. The number of fused-ring (bicyclic) bond motifs is 1. The first kappa shape index (κ1) is 13.0. The summed E-state index contributed by atoms with van der Waals surface area (Å²) in [6.07, 6.45) is 10.7. The van der Waals surface area contributed by atoms with Crippen molar-refractivity contribution in [3.63, 3.8) is 0 Å². The second-order valence-corrected chi connectivity index (χ2v) is 5.42. The smallest absolute Gasteiger partial charge is 0.220 e. The van der Waals surface area contributed by atoms with Crippen LogP contribution in [0.2, 0.25) is 0 Å². The highest BCUT2D eigenvalue weighted by Gasteiger charge is 2.13. The Morgan fingerprint density at radius 1 is 1.25 bits per heavy atom. The Labute approximate surface area is 119 Å². The number of aromatic amines is 1. The summed E-state index contributed by atoms with van der Waals surface area (Å²) in [6.45, 7) is 0. The third kappa shape index (κ3) is 2.93. The van der Waals surface area contributed by atoms with E-state index in [2.05, 4.69) is 46.8 Å². The average Bonchev–Trinajstić information content (AvgIpc) is 3.09. The lowest BCUT2D eigenvalue weighted by Gasteiger charge is -2.11. The molecule has 0 fully saturated rings. The van der Waals surface area contributed by atoms with E-state index in [1.807, 2.05) is 6.07 Å². The van der Waals surface area contributed by atoms with Crippen LogP contribution in [0, 0.1) is 0 Å². The summed E-state index contributed by atoms with van der Waals surface area (Å²) in [5.74, 6) is 0.179. The van der Waals surface area contributed by atoms with Gasteiger partial charge in [-0.15, -0.1) is 0 Å². The lowest BCUT2D eigenvalue weighted by Crippen LogP contribution is -2.32. The molecule has 1 aromatic carbocycles. The van der Waals surface area contributed by atoms with Crippen LogP contribution in [-0.2, 0) is 11.2 Å². The largest absolute Gasteiger partial charge is 0.361 e. The molecule has 0 unspecified atom stereocenters. The van der Waals surface area contributed by atoms with Crippen molar-refractivity contribution >= 4 is 16.8 Å². The molecule has 0 aliphatic heterocycles. The quantitative estimate of drug-likeness (QED) is 0.803. The van der Waals surface area contributed by atoms with Gasteiger partial charge < -0.3 is 10.3 Å². The molecule has 2 N–H and O–H groups in total. The highest BCUT2D eigenvalue weighted by molar-refractivity contribution is 5.83. The van der Waals surface area contributed by atoms with Crippen molar-refractivity contribution in [1.29, 1.82) is 0 Å². The number of H-pyrrole nitrogens is 1. The molecule has 20 heavy (non-hydrogen) atoms. The van der Waals surface area contributed by atoms with Crippen molar-refractivity contribution in [2.75, 3.05) is 0 Å². The monoisotopic (exact) mass is 268 g/mol. The summed E-state index contributed by atoms with van der Waals surface area (Å²) in [4.78, 5) is 15.1. The predicted octanol–water partition coefficient (Wildman–Crippen LogP) is 3.33. The standard InChI is InChI=1S/C17H20N2O/c20-17(19-14-7-1-2-8-14)11-5-6-13-12-18-16-10-4-3-9-15(13)16/h1-4,9-10,12,14,18H,5-8,11H2,(H,19,20). The topological polar surface area (TPSA) is 44.9 Å². The predicted molar refractivity (Wildman–Crippen MR) is 81.5 cm³/mol. The van der Waals surface area contributed by atoms with Gasteiger partial charge in [0.25, 0.3) is 0 Å². The van der Waals surface area contributed by atoms with Crippen molar-refractivity contribution in [1.82, 2.24) is 10.3 Å². The Morgan fingerprint density at radius 2 is 2.05 bits per heavy atom. The van der Waals surface area contributed by atoms with Gasteiger partial charge in [0.2, 0.25) is 5.91 Å². The Morgan fingerprint density at radius 3 is 2.90 bits per heavy atom. The lowest BCUT2D eigenvalue weighted by atomic mass is 10.1. The number of amides is 1. The Balaban J connectivity index is 1.48. The van der Waals surface area contributed by atoms with Crippen LogP contribution in [0.1, 0.15) is 31.2 Å². The summed E-state index contributed by atoms with van der Waals surface area (Å²) in [7, 11) is 0. The zero-order valence-corrected chi connectivity index (χ0v) is 11.6. The summed E-state index contributed by atoms with van der Waals surface area (Å²) in [6, 6.07) is 8.63. The zero-order valence-electron chi connectivity index (χ0n) is 11.6. The van der Waals surface area contributed by atoms with E-state index in [-0.39, 0.29) is 5.91 Å². The van der Waals surface area contributed by atoms with Gasteiger partial charge >= 0.3 is 0 Å². The summed E-state index contributed by atoms with van der Waals surface area (Å²) in [5.41, 5.74) is 2.47. The normalized spacial score (nSPS) is 15.0. The van der Waals surface area contributed by atoms with Gasteiger partial charge in [-0.1, -0.05) is 30.4 Å². The Bertz CT molecular complexity index is 619. The second kappa shape index (κ2) is 5.95. The van der Waals surface area contributed by atoms with Gasteiger partial charge in [-0.25, -0.2) is 0 Å². The van der Waals surface area contributed by atoms with Gasteiger partial charge in [0.05, 0.1) is 0 Å². The molecule has 104 valence electrons. The van der Waals surface area contributed by atoms with Gasteiger partial charge in [0, 0.05) is 29.6 Å². The minimum absolute atomic E-state index is 0.179. The van der Waals surface area contributed by atoms with Crippen LogP contribution in [0.4, 0.5) is 0 Å². The zero-order chi connectivity index (χ0) is 13.8. The first-order valence-electron chi connectivity index (χ1n) is 7.32. The van der Waals surface area contributed by atoms with E-state index in [1.54, 1.807) is 0 Å². The van der Waals surface area contributed by atoms with Crippen LogP contribution in [0.5, 0.6) is 0 Å². The number of hydrogen-bond acceptors (Lipinski definition) is 1. The summed E-state index contributed by atoms with van der Waals surface area (Å²) < 4.78 is 0. The number of aromatic nitrogens is 1. The van der Waals surface area contributed by atoms with Crippen molar-refractivity contribution in [3.05, 3.63) is 48.2 Å². The highest BCUT2D eigenvalue weighted by atomic mass is 16.1. The fourth-order valence-electron chi connectivity index (χ4n) is 2.81. The number of carbonyl (C=O) groups excluding carboxylic acids is 1. The molecule has 0 radical (unpaired) electrons. The van der Waals surface area contributed by atoms with E-state index >= 15 is 0 Å². The van der Waals surface area contributed by atoms with E-state index in [9.17, 15) is 4.79 Å². The van der Waals surface area contributed by atoms with Crippen LogP contribution in [-0.4, -0.2) is 16.9 Å². The van der Waals surface area contributed by atoms with Gasteiger partial charge in [-0.3, -0.25) is 4.79 Å². The third-order valence-corrected chi connectivity index (χ3v) is 3.90. The van der Waals surface area contributed by atoms with E-state index in [1.165, 1.54) is 16.5 Å². The van der Waals surface area contributed by atoms with Crippen LogP contribution in [0.15, 0.2) is 42.6 Å². The van der Waals surface area contributed by atoms with Crippen LogP contribution in [0.3, 0.4) is 0 Å². The van der Waals surface area contributed by atoms with Crippen LogP contribution < -0.4 is 5.32 Å². The lowest BCUT2D eigenvalue weighted by molar-refractivity contribution is -0.121. The first-order valence-corrected chi connectivity index (χ1v) is 7.32. The van der Waals surface area contributed by atoms with Gasteiger partial charge in [0.1, 0.15) is 0 Å². The minimum atomic E-state index is 0.179. The first-order chi connectivity index (χ1) is 9.83. The molecule has 1 aliphatic rings. The summed E-state index contributed by atoms with van der Waals surface area (Å²) in [5, 5.41) is 4.36. The number of rotatable bonds is 5. The molecule has 1 aromatic heterocycles. The van der Waals surface area contributed by atoms with Crippen molar-refractivity contribution in [2.45, 2.75) is 38.1 Å². The molecule has 0 bridgehead atoms. The number of benzene rings is 1. The van der Waals surface area contributed by atoms with Crippen LogP contribution >= 0.6 is 0 Å². The fraction of sp³-hybridized carbons (Fsp3) is 0.353. The molecule has 3 heteroatoms. The fourth-order valence-corrected chi connectivity index (χ4v) is 2.81. The number of nitrogens with one attached hydrogen (secondary N) is 2. The molecule has 0 spiro atoms. The van der Waals surface area contributed by atoms with Crippen LogP contribution in [0.25, 0.3) is 10.9 Å². The van der Waals surface area contributed by atoms with E-state index < -0.39 is 0 Å². The maximum absolute atomic E-state index is 11.8. The molecule has 0 atom stereocenters. The Hall–Kier alpha value is -2.03. The number of hydrogen-bond donors (Lipinski definition) is 2. The molecule has 1 heterocycles. The number of aryl methyl sites for hydroxylation is 1.